The monoisotopic (exact) mass is 276 g/mol. The zero-order valence-electron chi connectivity index (χ0n) is 11.4. The van der Waals surface area contributed by atoms with Crippen LogP contribution in [0, 0.1) is 11.8 Å². The van der Waals surface area contributed by atoms with Crippen molar-refractivity contribution in [3.63, 3.8) is 0 Å². The minimum absolute atomic E-state index is 0.0721. The molecule has 106 valence electrons. The molecule has 18 heavy (non-hydrogen) atoms. The third-order valence-electron chi connectivity index (χ3n) is 3.77. The van der Waals surface area contributed by atoms with Crippen LogP contribution in [0.1, 0.15) is 39.5 Å². The Bertz CT molecular complexity index is 381. The third kappa shape index (κ3) is 5.35. The molecule has 0 radical (unpaired) electrons. The molecule has 1 fully saturated rings. The topological polar surface area (TPSA) is 75.3 Å². The number of carbonyl (C=O) groups is 1. The van der Waals surface area contributed by atoms with E-state index in [0.29, 0.717) is 11.8 Å². The van der Waals surface area contributed by atoms with Gasteiger partial charge in [-0.05, 0) is 18.3 Å². The summed E-state index contributed by atoms with van der Waals surface area (Å²) in [7, 11) is -3.20. The summed E-state index contributed by atoms with van der Waals surface area (Å²) >= 11 is 0. The van der Waals surface area contributed by atoms with Gasteiger partial charge in [-0.1, -0.05) is 26.7 Å². The molecule has 3 atom stereocenters. The Kier molecular flexibility index (Phi) is 5.59. The second-order valence-corrected chi connectivity index (χ2v) is 7.19. The van der Waals surface area contributed by atoms with E-state index in [4.69, 9.17) is 0 Å². The van der Waals surface area contributed by atoms with Crippen molar-refractivity contribution in [3.8, 4) is 0 Å². The van der Waals surface area contributed by atoms with E-state index in [0.717, 1.165) is 19.1 Å². The number of hydrogen-bond donors (Lipinski definition) is 2. The molecular formula is C12H24N2O3S. The molecule has 0 aromatic rings. The molecule has 1 saturated carbocycles. The van der Waals surface area contributed by atoms with Gasteiger partial charge in [-0.15, -0.1) is 0 Å². The quantitative estimate of drug-likeness (QED) is 0.782. The van der Waals surface area contributed by atoms with Gasteiger partial charge in [-0.2, -0.15) is 0 Å². The van der Waals surface area contributed by atoms with Gasteiger partial charge in [0.1, 0.15) is 0 Å². The van der Waals surface area contributed by atoms with Gasteiger partial charge < -0.3 is 5.32 Å². The number of hydrogen-bond acceptors (Lipinski definition) is 3. The fourth-order valence-electron chi connectivity index (χ4n) is 2.41. The third-order valence-corrected chi connectivity index (χ3v) is 4.50. The maximum atomic E-state index is 11.7. The molecule has 0 aromatic heterocycles. The Balaban J connectivity index is 2.31. The molecule has 0 aromatic carbocycles. The van der Waals surface area contributed by atoms with Gasteiger partial charge in [0.2, 0.25) is 15.9 Å². The first-order chi connectivity index (χ1) is 8.29. The fourth-order valence-corrected chi connectivity index (χ4v) is 2.89. The molecule has 1 rings (SSSR count). The minimum atomic E-state index is -3.20. The van der Waals surface area contributed by atoms with Crippen LogP contribution >= 0.6 is 0 Å². The zero-order chi connectivity index (χ0) is 13.8. The van der Waals surface area contributed by atoms with E-state index in [-0.39, 0.29) is 24.9 Å². The van der Waals surface area contributed by atoms with Crippen LogP contribution in [0.5, 0.6) is 0 Å². The van der Waals surface area contributed by atoms with Crippen molar-refractivity contribution >= 4 is 15.9 Å². The lowest BCUT2D eigenvalue weighted by Crippen LogP contribution is -2.44. The number of sulfonamides is 1. The van der Waals surface area contributed by atoms with Crippen molar-refractivity contribution < 1.29 is 13.2 Å². The highest BCUT2D eigenvalue weighted by molar-refractivity contribution is 7.88. The molecular weight excluding hydrogens is 252 g/mol. The van der Waals surface area contributed by atoms with Gasteiger partial charge in [0.05, 0.1) is 6.26 Å². The van der Waals surface area contributed by atoms with E-state index in [2.05, 4.69) is 23.9 Å². The summed E-state index contributed by atoms with van der Waals surface area (Å²) in [5.41, 5.74) is 0. The Morgan fingerprint density at radius 2 is 1.94 bits per heavy atom. The Morgan fingerprint density at radius 1 is 1.28 bits per heavy atom. The fraction of sp³-hybridized carbons (Fsp3) is 0.917. The lowest BCUT2D eigenvalue weighted by atomic mass is 9.78. The second kappa shape index (κ2) is 6.52. The SMILES string of the molecule is C[C@H]1[C@H](C)CCC[C@@H]1NC(=O)CCNS(C)(=O)=O. The number of nitrogens with one attached hydrogen (secondary N) is 2. The standard InChI is InChI=1S/C12H24N2O3S/c1-9-5-4-6-11(10(9)2)14-12(15)7-8-13-18(3,16)17/h9-11,13H,4-8H2,1-3H3,(H,14,15)/t9-,10+,11+/m1/s1. The normalized spacial score (nSPS) is 28.9. The summed E-state index contributed by atoms with van der Waals surface area (Å²) in [4.78, 5) is 11.7. The molecule has 0 aliphatic heterocycles. The van der Waals surface area contributed by atoms with Crippen LogP contribution in [0.2, 0.25) is 0 Å². The maximum absolute atomic E-state index is 11.7. The number of amides is 1. The molecule has 1 aliphatic carbocycles. The van der Waals surface area contributed by atoms with E-state index >= 15 is 0 Å². The van der Waals surface area contributed by atoms with Crippen LogP contribution in [-0.2, 0) is 14.8 Å². The van der Waals surface area contributed by atoms with Crippen molar-refractivity contribution in [1.29, 1.82) is 0 Å². The van der Waals surface area contributed by atoms with Crippen LogP contribution in [0.3, 0.4) is 0 Å². The Labute approximate surface area is 110 Å². The number of carbonyl (C=O) groups excluding carboxylic acids is 1. The van der Waals surface area contributed by atoms with Crippen molar-refractivity contribution in [2.75, 3.05) is 12.8 Å². The minimum Gasteiger partial charge on any atom is -0.353 e. The lowest BCUT2D eigenvalue weighted by molar-refractivity contribution is -0.122. The van der Waals surface area contributed by atoms with Crippen molar-refractivity contribution in [2.24, 2.45) is 11.8 Å². The highest BCUT2D eigenvalue weighted by Gasteiger charge is 2.27. The molecule has 0 bridgehead atoms. The zero-order valence-corrected chi connectivity index (χ0v) is 12.2. The molecule has 0 heterocycles. The highest BCUT2D eigenvalue weighted by Crippen LogP contribution is 2.29. The van der Waals surface area contributed by atoms with Crippen LogP contribution in [-0.4, -0.2) is 33.2 Å². The van der Waals surface area contributed by atoms with Gasteiger partial charge in [-0.25, -0.2) is 13.1 Å². The Morgan fingerprint density at radius 3 is 2.56 bits per heavy atom. The highest BCUT2D eigenvalue weighted by atomic mass is 32.2. The summed E-state index contributed by atoms with van der Waals surface area (Å²) < 4.78 is 24.0. The molecule has 0 saturated heterocycles. The van der Waals surface area contributed by atoms with Gasteiger partial charge in [0.15, 0.2) is 0 Å². The van der Waals surface area contributed by atoms with E-state index in [1.807, 2.05) is 0 Å². The molecule has 2 N–H and O–H groups in total. The first kappa shape index (κ1) is 15.4. The summed E-state index contributed by atoms with van der Waals surface area (Å²) in [6.07, 6.45) is 4.69. The summed E-state index contributed by atoms with van der Waals surface area (Å²) in [5.74, 6) is 1.06. The largest absolute Gasteiger partial charge is 0.353 e. The maximum Gasteiger partial charge on any atom is 0.221 e. The second-order valence-electron chi connectivity index (χ2n) is 5.36. The smallest absolute Gasteiger partial charge is 0.221 e. The van der Waals surface area contributed by atoms with Crippen LogP contribution < -0.4 is 10.0 Å². The molecule has 6 heteroatoms. The van der Waals surface area contributed by atoms with E-state index < -0.39 is 10.0 Å². The Hall–Kier alpha value is -0.620. The molecule has 0 unspecified atom stereocenters. The van der Waals surface area contributed by atoms with Crippen LogP contribution in [0.25, 0.3) is 0 Å². The first-order valence-corrected chi connectivity index (χ1v) is 8.42. The lowest BCUT2D eigenvalue weighted by Gasteiger charge is -2.34. The average molecular weight is 276 g/mol. The van der Waals surface area contributed by atoms with E-state index in [9.17, 15) is 13.2 Å². The van der Waals surface area contributed by atoms with Crippen LogP contribution in [0.15, 0.2) is 0 Å². The average Bonchev–Trinajstić information content (AvgIpc) is 2.23. The summed E-state index contributed by atoms with van der Waals surface area (Å²) in [6, 6.07) is 0.236. The summed E-state index contributed by atoms with van der Waals surface area (Å²) in [6.45, 7) is 4.55. The van der Waals surface area contributed by atoms with Crippen LogP contribution in [0.4, 0.5) is 0 Å². The van der Waals surface area contributed by atoms with Gasteiger partial charge >= 0.3 is 0 Å². The van der Waals surface area contributed by atoms with E-state index in [1.165, 1.54) is 6.42 Å². The van der Waals surface area contributed by atoms with Gasteiger partial charge in [-0.3, -0.25) is 4.79 Å². The molecule has 5 nitrogen and oxygen atoms in total. The predicted octanol–water partition coefficient (Wildman–Crippen LogP) is 0.867. The molecule has 1 amide bonds. The predicted molar refractivity (Wildman–Crippen MR) is 71.6 cm³/mol. The molecule has 1 aliphatic rings. The van der Waals surface area contributed by atoms with E-state index in [1.54, 1.807) is 0 Å². The van der Waals surface area contributed by atoms with Crippen molar-refractivity contribution in [2.45, 2.75) is 45.6 Å². The van der Waals surface area contributed by atoms with Gasteiger partial charge in [0.25, 0.3) is 0 Å². The number of rotatable bonds is 5. The van der Waals surface area contributed by atoms with Crippen molar-refractivity contribution in [3.05, 3.63) is 0 Å². The molecule has 0 spiro atoms. The van der Waals surface area contributed by atoms with Crippen molar-refractivity contribution in [1.82, 2.24) is 10.0 Å². The summed E-state index contributed by atoms with van der Waals surface area (Å²) in [5, 5.41) is 3.01. The first-order valence-electron chi connectivity index (χ1n) is 6.53. The van der Waals surface area contributed by atoms with Gasteiger partial charge in [0, 0.05) is 19.0 Å².